The van der Waals surface area contributed by atoms with E-state index in [2.05, 4.69) is 35.8 Å². The van der Waals surface area contributed by atoms with Gasteiger partial charge in [0.2, 0.25) is 0 Å². The van der Waals surface area contributed by atoms with Crippen molar-refractivity contribution in [2.75, 3.05) is 0 Å². The van der Waals surface area contributed by atoms with Crippen molar-refractivity contribution in [2.24, 2.45) is 0 Å². The summed E-state index contributed by atoms with van der Waals surface area (Å²) in [6.45, 7) is 3.10. The minimum absolute atomic E-state index is 0.479. The number of aromatic nitrogens is 1. The quantitative estimate of drug-likeness (QED) is 0.400. The topological polar surface area (TPSA) is 24.9 Å². The van der Waals surface area contributed by atoms with E-state index in [-0.39, 0.29) is 0 Å². The number of hydrogen-bond donors (Lipinski definition) is 1. The van der Waals surface area contributed by atoms with Crippen LogP contribution in [0.3, 0.4) is 0 Å². The van der Waals surface area contributed by atoms with Crippen molar-refractivity contribution in [3.63, 3.8) is 0 Å². The molecule has 0 saturated carbocycles. The van der Waals surface area contributed by atoms with Crippen molar-refractivity contribution < 1.29 is 13.2 Å². The number of benzene rings is 2. The molecule has 0 aliphatic heterocycles. The van der Waals surface area contributed by atoms with Crippen molar-refractivity contribution in [3.05, 3.63) is 87.6 Å². The number of nitrogens with zero attached hydrogens (tertiary/aromatic N) is 1. The van der Waals surface area contributed by atoms with Crippen LogP contribution in [0.4, 0.5) is 13.2 Å². The second-order valence-corrected chi connectivity index (χ2v) is 7.73. The van der Waals surface area contributed by atoms with E-state index in [1.165, 1.54) is 12.1 Å². The molecule has 0 spiro atoms. The van der Waals surface area contributed by atoms with Crippen molar-refractivity contribution in [2.45, 2.75) is 26.2 Å². The second-order valence-electron chi connectivity index (χ2n) is 6.95. The molecule has 0 aliphatic carbocycles. The Balaban J connectivity index is 1.56. The number of alkyl halides is 3. The number of pyridine rings is 1. The van der Waals surface area contributed by atoms with Crippen LogP contribution in [-0.2, 0) is 19.3 Å². The zero-order valence-corrected chi connectivity index (χ0v) is 16.6. The fourth-order valence-electron chi connectivity index (χ4n) is 3.33. The molecule has 2 aromatic carbocycles. The highest BCUT2D eigenvalue weighted by Gasteiger charge is 2.29. The van der Waals surface area contributed by atoms with Gasteiger partial charge in [-0.25, -0.2) is 4.98 Å². The molecule has 2 heterocycles. The monoisotopic (exact) mass is 412 g/mol. The number of thiophene rings is 1. The van der Waals surface area contributed by atoms with Gasteiger partial charge in [-0.1, -0.05) is 30.3 Å². The summed E-state index contributed by atoms with van der Waals surface area (Å²) in [6.07, 6.45) is -4.31. The molecule has 4 aromatic rings. The van der Waals surface area contributed by atoms with Gasteiger partial charge in [0.15, 0.2) is 0 Å². The normalized spacial score (nSPS) is 11.9. The molecule has 0 saturated heterocycles. The van der Waals surface area contributed by atoms with E-state index in [9.17, 15) is 13.2 Å². The molecule has 148 valence electrons. The summed E-state index contributed by atoms with van der Waals surface area (Å²) in [5.74, 6) is 0. The highest BCUT2D eigenvalue weighted by atomic mass is 32.1. The second kappa shape index (κ2) is 7.97. The molecule has 2 aromatic heterocycles. The molecular weight excluding hydrogens is 393 g/mol. The highest BCUT2D eigenvalue weighted by Crippen LogP contribution is 2.30. The minimum Gasteiger partial charge on any atom is -0.309 e. The summed E-state index contributed by atoms with van der Waals surface area (Å²) in [6, 6.07) is 15.6. The third kappa shape index (κ3) is 4.33. The van der Waals surface area contributed by atoms with Gasteiger partial charge in [0.1, 0.15) is 0 Å². The van der Waals surface area contributed by atoms with E-state index >= 15 is 0 Å². The van der Waals surface area contributed by atoms with E-state index in [0.717, 1.165) is 51.0 Å². The standard InChI is InChI=1S/C23H19F3N2S/c1-15-3-2-4-17-11-19(22(28-21(15)17)18-9-10-29-14-18)13-27-12-16-5-7-20(8-6-16)23(24,25)26/h2-11,14,27H,12-13H2,1H3. The average Bonchev–Trinajstić information content (AvgIpc) is 3.22. The maximum atomic E-state index is 12.7. The molecule has 0 fully saturated rings. The lowest BCUT2D eigenvalue weighted by atomic mass is 10.0. The third-order valence-electron chi connectivity index (χ3n) is 4.85. The van der Waals surface area contributed by atoms with Gasteiger partial charge in [-0.2, -0.15) is 24.5 Å². The van der Waals surface area contributed by atoms with Crippen molar-refractivity contribution in [3.8, 4) is 11.3 Å². The van der Waals surface area contributed by atoms with Crippen molar-refractivity contribution in [1.82, 2.24) is 10.3 Å². The summed E-state index contributed by atoms with van der Waals surface area (Å²) >= 11 is 1.62. The summed E-state index contributed by atoms with van der Waals surface area (Å²) in [5, 5.41) is 8.52. The smallest absolute Gasteiger partial charge is 0.309 e. The Morgan fingerprint density at radius 3 is 2.48 bits per heavy atom. The first-order chi connectivity index (χ1) is 13.9. The Bertz CT molecular complexity index is 1120. The summed E-state index contributed by atoms with van der Waals surface area (Å²) in [7, 11) is 0. The van der Waals surface area contributed by atoms with Crippen LogP contribution < -0.4 is 5.32 Å². The van der Waals surface area contributed by atoms with Gasteiger partial charge in [0.25, 0.3) is 0 Å². The number of rotatable bonds is 5. The first-order valence-electron chi connectivity index (χ1n) is 9.20. The Kier molecular flexibility index (Phi) is 5.39. The van der Waals surface area contributed by atoms with Gasteiger partial charge in [-0.05, 0) is 53.3 Å². The summed E-state index contributed by atoms with van der Waals surface area (Å²) in [4.78, 5) is 4.92. The molecule has 1 N–H and O–H groups in total. The first-order valence-corrected chi connectivity index (χ1v) is 10.1. The van der Waals surface area contributed by atoms with Crippen LogP contribution in [0.15, 0.2) is 65.4 Å². The first kappa shape index (κ1) is 19.6. The average molecular weight is 412 g/mol. The predicted molar refractivity (Wildman–Crippen MR) is 112 cm³/mol. The zero-order chi connectivity index (χ0) is 20.4. The zero-order valence-electron chi connectivity index (χ0n) is 15.8. The number of para-hydroxylation sites is 1. The fourth-order valence-corrected chi connectivity index (χ4v) is 3.97. The molecular formula is C23H19F3N2S. The maximum absolute atomic E-state index is 12.7. The van der Waals surface area contributed by atoms with E-state index in [4.69, 9.17) is 4.98 Å². The van der Waals surface area contributed by atoms with Crippen LogP contribution in [0.5, 0.6) is 0 Å². The number of aryl methyl sites for hydroxylation is 1. The minimum atomic E-state index is -4.31. The van der Waals surface area contributed by atoms with Crippen LogP contribution in [-0.4, -0.2) is 4.98 Å². The lowest BCUT2D eigenvalue weighted by Crippen LogP contribution is -2.14. The Labute approximate surface area is 171 Å². The molecule has 4 rings (SSSR count). The van der Waals surface area contributed by atoms with Gasteiger partial charge in [-0.3, -0.25) is 0 Å². The van der Waals surface area contributed by atoms with Gasteiger partial charge in [0, 0.05) is 29.4 Å². The van der Waals surface area contributed by atoms with Crippen molar-refractivity contribution in [1.29, 1.82) is 0 Å². The number of hydrogen-bond acceptors (Lipinski definition) is 3. The van der Waals surface area contributed by atoms with Crippen LogP contribution in [0, 0.1) is 6.92 Å². The predicted octanol–water partition coefficient (Wildman–Crippen LogP) is 6.58. The number of fused-ring (bicyclic) bond motifs is 1. The molecule has 0 atom stereocenters. The Hall–Kier alpha value is -2.70. The van der Waals surface area contributed by atoms with Crippen LogP contribution in [0.2, 0.25) is 0 Å². The van der Waals surface area contributed by atoms with Crippen LogP contribution in [0.25, 0.3) is 22.2 Å². The van der Waals surface area contributed by atoms with E-state index in [0.29, 0.717) is 13.1 Å². The molecule has 0 bridgehead atoms. The molecule has 29 heavy (non-hydrogen) atoms. The van der Waals surface area contributed by atoms with E-state index < -0.39 is 11.7 Å². The van der Waals surface area contributed by atoms with Gasteiger partial charge < -0.3 is 5.32 Å². The third-order valence-corrected chi connectivity index (χ3v) is 5.53. The number of nitrogens with one attached hydrogen (secondary N) is 1. The molecule has 2 nitrogen and oxygen atoms in total. The molecule has 0 radical (unpaired) electrons. The summed E-state index contributed by atoms with van der Waals surface area (Å²) < 4.78 is 38.1. The molecule has 0 amide bonds. The SMILES string of the molecule is Cc1cccc2cc(CNCc3ccc(C(F)(F)F)cc3)c(-c3ccsc3)nc12. The highest BCUT2D eigenvalue weighted by molar-refractivity contribution is 7.08. The fraction of sp³-hybridized carbons (Fsp3) is 0.174. The maximum Gasteiger partial charge on any atom is 0.416 e. The summed E-state index contributed by atoms with van der Waals surface area (Å²) in [5.41, 5.74) is 5.37. The molecule has 0 aliphatic rings. The Morgan fingerprint density at radius 1 is 1.00 bits per heavy atom. The molecule has 0 unspecified atom stereocenters. The number of halogens is 3. The largest absolute Gasteiger partial charge is 0.416 e. The van der Waals surface area contributed by atoms with Gasteiger partial charge in [0.05, 0.1) is 16.8 Å². The van der Waals surface area contributed by atoms with Crippen LogP contribution >= 0.6 is 11.3 Å². The van der Waals surface area contributed by atoms with E-state index in [1.54, 1.807) is 11.3 Å². The van der Waals surface area contributed by atoms with Gasteiger partial charge >= 0.3 is 6.18 Å². The van der Waals surface area contributed by atoms with Crippen LogP contribution in [0.1, 0.15) is 22.3 Å². The lowest BCUT2D eigenvalue weighted by molar-refractivity contribution is -0.137. The van der Waals surface area contributed by atoms with Gasteiger partial charge in [-0.15, -0.1) is 0 Å². The Morgan fingerprint density at radius 2 is 1.79 bits per heavy atom. The van der Waals surface area contributed by atoms with Crippen molar-refractivity contribution >= 4 is 22.2 Å². The molecule has 6 heteroatoms. The lowest BCUT2D eigenvalue weighted by Gasteiger charge is -2.13. The van der Waals surface area contributed by atoms with E-state index in [1.807, 2.05) is 17.5 Å².